The fourth-order valence-electron chi connectivity index (χ4n) is 2.53. The van der Waals surface area contributed by atoms with E-state index in [9.17, 15) is 4.79 Å². The third kappa shape index (κ3) is 3.52. The van der Waals surface area contributed by atoms with Crippen LogP contribution in [0.5, 0.6) is 0 Å². The minimum atomic E-state index is -0.495. The van der Waals surface area contributed by atoms with Gasteiger partial charge in [0.05, 0.1) is 5.57 Å². The van der Waals surface area contributed by atoms with Crippen molar-refractivity contribution in [2.75, 3.05) is 0 Å². The van der Waals surface area contributed by atoms with Crippen molar-refractivity contribution in [3.05, 3.63) is 113 Å². The Kier molecular flexibility index (Phi) is 4.71. The summed E-state index contributed by atoms with van der Waals surface area (Å²) in [7, 11) is 0. The average Bonchev–Trinajstić information content (AvgIpc) is 2.64. The lowest BCUT2D eigenvalue weighted by Gasteiger charge is -2.07. The molecule has 0 spiro atoms. The number of carbonyl (C=O) groups is 1. The molecule has 2 heteroatoms. The zero-order valence-electron chi connectivity index (χ0n) is 13.1. The summed E-state index contributed by atoms with van der Waals surface area (Å²) in [6, 6.07) is 29.2. The molecule has 0 aliphatic rings. The Balaban J connectivity index is 2.31. The van der Waals surface area contributed by atoms with Gasteiger partial charge in [0, 0.05) is 5.57 Å². The van der Waals surface area contributed by atoms with Crippen molar-refractivity contribution >= 4 is 17.1 Å². The first-order valence-corrected chi connectivity index (χ1v) is 7.72. The van der Waals surface area contributed by atoms with Crippen molar-refractivity contribution in [2.24, 2.45) is 5.73 Å². The molecule has 0 aliphatic carbocycles. The van der Waals surface area contributed by atoms with E-state index in [1.807, 2.05) is 91.0 Å². The summed E-state index contributed by atoms with van der Waals surface area (Å²) in [6.45, 7) is 0. The highest BCUT2D eigenvalue weighted by Crippen LogP contribution is 2.24. The maximum Gasteiger partial charge on any atom is 0.257 e. The lowest BCUT2D eigenvalue weighted by molar-refractivity contribution is -0.112. The van der Waals surface area contributed by atoms with Crippen LogP contribution in [0.15, 0.2) is 96.7 Å². The summed E-state index contributed by atoms with van der Waals surface area (Å²) in [4.78, 5) is 12.0. The van der Waals surface area contributed by atoms with E-state index in [1.54, 1.807) is 0 Å². The molecule has 2 nitrogen and oxygen atoms in total. The number of primary amides is 1. The molecule has 0 unspecified atom stereocenters. The van der Waals surface area contributed by atoms with E-state index in [1.165, 1.54) is 0 Å². The first kappa shape index (κ1) is 15.5. The standard InChI is InChI=1S/C22H17NO/c23-22(24)21(19-14-8-3-9-15-19)16-20(17-10-4-1-5-11-17)18-12-6-2-7-13-18/h1-15H,(H2,23,24). The van der Waals surface area contributed by atoms with Gasteiger partial charge in [0.25, 0.3) is 5.91 Å². The minimum Gasteiger partial charge on any atom is -0.365 e. The fourth-order valence-corrected chi connectivity index (χ4v) is 2.53. The largest absolute Gasteiger partial charge is 0.365 e. The normalized spacial score (nSPS) is 9.83. The summed E-state index contributed by atoms with van der Waals surface area (Å²) in [5.41, 5.74) is 12.8. The van der Waals surface area contributed by atoms with Crippen LogP contribution in [0.2, 0.25) is 0 Å². The number of rotatable bonds is 4. The third-order valence-corrected chi connectivity index (χ3v) is 3.68. The smallest absolute Gasteiger partial charge is 0.257 e. The van der Waals surface area contributed by atoms with Gasteiger partial charge in [-0.15, -0.1) is 0 Å². The van der Waals surface area contributed by atoms with Crippen LogP contribution in [0.3, 0.4) is 0 Å². The lowest BCUT2D eigenvalue weighted by atomic mass is 9.96. The molecule has 1 amide bonds. The summed E-state index contributed by atoms with van der Waals surface area (Å²) < 4.78 is 0. The second-order valence-corrected chi connectivity index (χ2v) is 5.34. The summed E-state index contributed by atoms with van der Waals surface area (Å²) in [6.07, 6.45) is 0. The van der Waals surface area contributed by atoms with Gasteiger partial charge in [0.15, 0.2) is 0 Å². The Hall–Kier alpha value is -3.35. The molecular formula is C22H17NO. The van der Waals surface area contributed by atoms with Gasteiger partial charge < -0.3 is 5.73 Å². The van der Waals surface area contributed by atoms with Crippen LogP contribution in [0, 0.1) is 0 Å². The van der Waals surface area contributed by atoms with Crippen LogP contribution < -0.4 is 5.73 Å². The number of amides is 1. The van der Waals surface area contributed by atoms with E-state index in [2.05, 4.69) is 5.73 Å². The van der Waals surface area contributed by atoms with Crippen molar-refractivity contribution in [3.8, 4) is 0 Å². The van der Waals surface area contributed by atoms with Crippen LogP contribution in [0.1, 0.15) is 16.7 Å². The van der Waals surface area contributed by atoms with Crippen LogP contribution in [0.4, 0.5) is 0 Å². The highest BCUT2D eigenvalue weighted by Gasteiger charge is 2.10. The molecule has 0 radical (unpaired) electrons. The van der Waals surface area contributed by atoms with Crippen LogP contribution in [-0.4, -0.2) is 5.91 Å². The van der Waals surface area contributed by atoms with Crippen molar-refractivity contribution in [1.29, 1.82) is 0 Å². The molecule has 116 valence electrons. The van der Waals surface area contributed by atoms with Gasteiger partial charge in [0.2, 0.25) is 0 Å². The van der Waals surface area contributed by atoms with Gasteiger partial charge in [-0.25, -0.2) is 0 Å². The summed E-state index contributed by atoms with van der Waals surface area (Å²) >= 11 is 0. The average molecular weight is 311 g/mol. The Bertz CT molecular complexity index is 849. The molecule has 2 N–H and O–H groups in total. The molecule has 0 saturated heterocycles. The van der Waals surface area contributed by atoms with E-state index in [0.717, 1.165) is 22.3 Å². The number of nitrogens with two attached hydrogens (primary N) is 1. The zero-order chi connectivity index (χ0) is 16.8. The molecule has 3 rings (SSSR count). The van der Waals surface area contributed by atoms with Crippen molar-refractivity contribution in [1.82, 2.24) is 0 Å². The van der Waals surface area contributed by atoms with E-state index in [0.29, 0.717) is 5.57 Å². The number of hydrogen-bond donors (Lipinski definition) is 1. The second-order valence-electron chi connectivity index (χ2n) is 5.34. The van der Waals surface area contributed by atoms with E-state index >= 15 is 0 Å². The molecule has 0 aromatic heterocycles. The topological polar surface area (TPSA) is 43.1 Å². The monoisotopic (exact) mass is 311 g/mol. The van der Waals surface area contributed by atoms with Crippen molar-refractivity contribution in [3.63, 3.8) is 0 Å². The van der Waals surface area contributed by atoms with E-state index in [4.69, 9.17) is 5.73 Å². The molecule has 3 aromatic rings. The predicted octanol–water partition coefficient (Wildman–Crippen LogP) is 4.29. The van der Waals surface area contributed by atoms with Gasteiger partial charge in [-0.1, -0.05) is 96.7 Å². The predicted molar refractivity (Wildman–Crippen MR) is 97.9 cm³/mol. The first-order chi connectivity index (χ1) is 11.8. The Morgan fingerprint density at radius 1 is 0.625 bits per heavy atom. The Labute approximate surface area is 141 Å². The molecule has 24 heavy (non-hydrogen) atoms. The fraction of sp³-hybridized carbons (Fsp3) is 0. The Morgan fingerprint density at radius 3 is 1.38 bits per heavy atom. The van der Waals surface area contributed by atoms with E-state index < -0.39 is 5.91 Å². The third-order valence-electron chi connectivity index (χ3n) is 3.68. The molecule has 3 aromatic carbocycles. The van der Waals surface area contributed by atoms with Crippen LogP contribution >= 0.6 is 0 Å². The summed E-state index contributed by atoms with van der Waals surface area (Å²) in [5, 5.41) is 0. The SMILES string of the molecule is NC(=O)C(=C=C(c1ccccc1)c1ccccc1)c1ccccc1. The molecule has 0 atom stereocenters. The quantitative estimate of drug-likeness (QED) is 0.567. The second kappa shape index (κ2) is 7.28. The molecule has 0 saturated carbocycles. The van der Waals surface area contributed by atoms with Crippen molar-refractivity contribution < 1.29 is 4.79 Å². The van der Waals surface area contributed by atoms with Gasteiger partial charge in [-0.05, 0) is 16.7 Å². The molecule has 0 heterocycles. The Morgan fingerprint density at radius 2 is 1.00 bits per heavy atom. The van der Waals surface area contributed by atoms with Gasteiger partial charge in [-0.2, -0.15) is 0 Å². The van der Waals surface area contributed by atoms with Crippen LogP contribution in [-0.2, 0) is 4.79 Å². The zero-order valence-corrected chi connectivity index (χ0v) is 13.1. The highest BCUT2D eigenvalue weighted by atomic mass is 16.1. The molecule has 0 bridgehead atoms. The van der Waals surface area contributed by atoms with Gasteiger partial charge >= 0.3 is 0 Å². The van der Waals surface area contributed by atoms with Crippen LogP contribution in [0.25, 0.3) is 11.1 Å². The lowest BCUT2D eigenvalue weighted by Crippen LogP contribution is -2.12. The highest BCUT2D eigenvalue weighted by molar-refractivity contribution is 6.19. The maximum atomic E-state index is 12.0. The number of carbonyl (C=O) groups excluding carboxylic acids is 1. The minimum absolute atomic E-state index is 0.373. The summed E-state index contributed by atoms with van der Waals surface area (Å²) in [5.74, 6) is -0.495. The first-order valence-electron chi connectivity index (χ1n) is 7.72. The van der Waals surface area contributed by atoms with Gasteiger partial charge in [-0.3, -0.25) is 4.79 Å². The van der Waals surface area contributed by atoms with Crippen molar-refractivity contribution in [2.45, 2.75) is 0 Å². The molecule has 0 fully saturated rings. The van der Waals surface area contributed by atoms with Gasteiger partial charge in [0.1, 0.15) is 0 Å². The number of hydrogen-bond acceptors (Lipinski definition) is 1. The molecular weight excluding hydrogens is 294 g/mol. The number of benzene rings is 3. The maximum absolute atomic E-state index is 12.0. The van der Waals surface area contributed by atoms with E-state index in [-0.39, 0.29) is 0 Å². The molecule has 0 aliphatic heterocycles.